The highest BCUT2D eigenvalue weighted by Gasteiger charge is 2.37. The summed E-state index contributed by atoms with van der Waals surface area (Å²) < 4.78 is 5.72. The molecule has 1 saturated carbocycles. The van der Waals surface area contributed by atoms with Crippen LogP contribution in [0.15, 0.2) is 0 Å². The average molecular weight is 268 g/mol. The monoisotopic (exact) mass is 268 g/mol. The van der Waals surface area contributed by atoms with Gasteiger partial charge < -0.3 is 15.0 Å². The second-order valence-electron chi connectivity index (χ2n) is 7.10. The Morgan fingerprint density at radius 1 is 1.37 bits per heavy atom. The smallest absolute Gasteiger partial charge is 0.0547 e. The lowest BCUT2D eigenvalue weighted by atomic mass is 9.86. The van der Waals surface area contributed by atoms with Crippen LogP contribution in [0.1, 0.15) is 40.0 Å². The maximum absolute atomic E-state index is 5.72. The summed E-state index contributed by atoms with van der Waals surface area (Å²) in [6.07, 6.45) is 4.12. The van der Waals surface area contributed by atoms with Crippen LogP contribution in [0.25, 0.3) is 0 Å². The van der Waals surface area contributed by atoms with E-state index in [9.17, 15) is 0 Å². The van der Waals surface area contributed by atoms with Gasteiger partial charge in [0.15, 0.2) is 0 Å². The Balaban J connectivity index is 1.82. The molecule has 0 spiro atoms. The SMILES string of the molecule is CCN(CC1CC1)CC1(CNCC(C)C)CCOC1. The first-order valence-corrected chi connectivity index (χ1v) is 8.14. The molecule has 3 heteroatoms. The molecule has 3 nitrogen and oxygen atoms in total. The first-order valence-electron chi connectivity index (χ1n) is 8.14. The highest BCUT2D eigenvalue weighted by Crippen LogP contribution is 2.33. The van der Waals surface area contributed by atoms with Crippen LogP contribution in [-0.4, -0.2) is 50.8 Å². The zero-order chi connectivity index (χ0) is 13.7. The molecule has 1 saturated heterocycles. The largest absolute Gasteiger partial charge is 0.381 e. The Morgan fingerprint density at radius 3 is 2.68 bits per heavy atom. The van der Waals surface area contributed by atoms with E-state index in [1.807, 2.05) is 0 Å². The predicted octanol–water partition coefficient (Wildman–Crippen LogP) is 2.37. The second kappa shape index (κ2) is 7.05. The van der Waals surface area contributed by atoms with Gasteiger partial charge in [0.2, 0.25) is 0 Å². The van der Waals surface area contributed by atoms with Crippen molar-refractivity contribution in [1.29, 1.82) is 0 Å². The molecule has 1 heterocycles. The fourth-order valence-corrected chi connectivity index (χ4v) is 3.04. The summed E-state index contributed by atoms with van der Waals surface area (Å²) in [5, 5.41) is 3.66. The van der Waals surface area contributed by atoms with Gasteiger partial charge in [-0.3, -0.25) is 0 Å². The summed E-state index contributed by atoms with van der Waals surface area (Å²) >= 11 is 0. The van der Waals surface area contributed by atoms with Crippen LogP contribution in [0.5, 0.6) is 0 Å². The van der Waals surface area contributed by atoms with Crippen LogP contribution in [-0.2, 0) is 4.74 Å². The lowest BCUT2D eigenvalue weighted by Crippen LogP contribution is -2.46. The van der Waals surface area contributed by atoms with Crippen molar-refractivity contribution in [1.82, 2.24) is 10.2 Å². The van der Waals surface area contributed by atoms with Crippen molar-refractivity contribution in [3.8, 4) is 0 Å². The van der Waals surface area contributed by atoms with Gasteiger partial charge in [0.05, 0.1) is 6.61 Å². The van der Waals surface area contributed by atoms with Crippen molar-refractivity contribution >= 4 is 0 Å². The van der Waals surface area contributed by atoms with E-state index in [-0.39, 0.29) is 0 Å². The van der Waals surface area contributed by atoms with Crippen LogP contribution >= 0.6 is 0 Å². The van der Waals surface area contributed by atoms with E-state index in [0.29, 0.717) is 5.41 Å². The fourth-order valence-electron chi connectivity index (χ4n) is 3.04. The Hall–Kier alpha value is -0.120. The maximum atomic E-state index is 5.72. The molecule has 0 radical (unpaired) electrons. The summed E-state index contributed by atoms with van der Waals surface area (Å²) in [6, 6.07) is 0. The number of hydrogen-bond donors (Lipinski definition) is 1. The molecule has 19 heavy (non-hydrogen) atoms. The van der Waals surface area contributed by atoms with Crippen LogP contribution in [0.2, 0.25) is 0 Å². The lowest BCUT2D eigenvalue weighted by molar-refractivity contribution is 0.108. The lowest BCUT2D eigenvalue weighted by Gasteiger charge is -2.34. The molecular weight excluding hydrogens is 236 g/mol. The number of ether oxygens (including phenoxy) is 1. The Kier molecular flexibility index (Phi) is 5.67. The zero-order valence-electron chi connectivity index (χ0n) is 13.1. The van der Waals surface area contributed by atoms with E-state index in [1.54, 1.807) is 0 Å². The molecular formula is C16H32N2O. The van der Waals surface area contributed by atoms with Gasteiger partial charge in [0.25, 0.3) is 0 Å². The Bertz CT molecular complexity index is 257. The number of nitrogens with one attached hydrogen (secondary N) is 1. The number of hydrogen-bond acceptors (Lipinski definition) is 3. The van der Waals surface area contributed by atoms with Gasteiger partial charge in [0, 0.05) is 31.7 Å². The van der Waals surface area contributed by atoms with Crippen LogP contribution in [0, 0.1) is 17.3 Å². The van der Waals surface area contributed by atoms with Crippen LogP contribution in [0.4, 0.5) is 0 Å². The van der Waals surface area contributed by atoms with Crippen molar-refractivity contribution in [2.45, 2.75) is 40.0 Å². The molecule has 0 aromatic carbocycles. The first kappa shape index (κ1) is 15.3. The van der Waals surface area contributed by atoms with Gasteiger partial charge in [-0.2, -0.15) is 0 Å². The third kappa shape index (κ3) is 5.05. The van der Waals surface area contributed by atoms with Gasteiger partial charge >= 0.3 is 0 Å². The highest BCUT2D eigenvalue weighted by molar-refractivity contribution is 4.90. The quantitative estimate of drug-likeness (QED) is 0.695. The van der Waals surface area contributed by atoms with Crippen LogP contribution < -0.4 is 5.32 Å². The minimum atomic E-state index is 0.361. The molecule has 1 unspecified atom stereocenters. The first-order chi connectivity index (χ1) is 9.13. The van der Waals surface area contributed by atoms with Crippen LogP contribution in [0.3, 0.4) is 0 Å². The summed E-state index contributed by atoms with van der Waals surface area (Å²) in [7, 11) is 0. The summed E-state index contributed by atoms with van der Waals surface area (Å²) in [6.45, 7) is 14.7. The molecule has 1 atom stereocenters. The van der Waals surface area contributed by atoms with Crippen molar-refractivity contribution in [3.63, 3.8) is 0 Å². The number of nitrogens with zero attached hydrogens (tertiary/aromatic N) is 1. The topological polar surface area (TPSA) is 24.5 Å². The van der Waals surface area contributed by atoms with E-state index >= 15 is 0 Å². The Labute approximate surface area is 119 Å². The van der Waals surface area contributed by atoms with Gasteiger partial charge in [-0.15, -0.1) is 0 Å². The number of rotatable bonds is 9. The third-order valence-electron chi connectivity index (χ3n) is 4.46. The van der Waals surface area contributed by atoms with Gasteiger partial charge in [-0.1, -0.05) is 20.8 Å². The molecule has 0 amide bonds. The van der Waals surface area contributed by atoms with E-state index in [2.05, 4.69) is 31.0 Å². The molecule has 2 fully saturated rings. The fraction of sp³-hybridized carbons (Fsp3) is 1.00. The minimum Gasteiger partial charge on any atom is -0.381 e. The molecule has 2 rings (SSSR count). The zero-order valence-corrected chi connectivity index (χ0v) is 13.1. The predicted molar refractivity (Wildman–Crippen MR) is 80.4 cm³/mol. The van der Waals surface area contributed by atoms with E-state index in [0.717, 1.165) is 38.1 Å². The van der Waals surface area contributed by atoms with Crippen molar-refractivity contribution in [2.75, 3.05) is 45.9 Å². The van der Waals surface area contributed by atoms with E-state index < -0.39 is 0 Å². The standard InChI is InChI=1S/C16H32N2O/c1-4-18(10-15-5-6-15)12-16(7-8-19-13-16)11-17-9-14(2)3/h14-15,17H,4-13H2,1-3H3. The maximum Gasteiger partial charge on any atom is 0.0547 e. The normalized spacial score (nSPS) is 27.6. The molecule has 2 aliphatic rings. The Morgan fingerprint density at radius 2 is 2.16 bits per heavy atom. The molecule has 0 aromatic heterocycles. The molecule has 0 aromatic rings. The molecule has 112 valence electrons. The van der Waals surface area contributed by atoms with E-state index in [4.69, 9.17) is 4.74 Å². The molecule has 1 aliphatic carbocycles. The average Bonchev–Trinajstić information content (AvgIpc) is 3.07. The minimum absolute atomic E-state index is 0.361. The summed E-state index contributed by atoms with van der Waals surface area (Å²) in [5.41, 5.74) is 0.361. The van der Waals surface area contributed by atoms with Gasteiger partial charge in [-0.05, 0) is 44.2 Å². The van der Waals surface area contributed by atoms with Crippen molar-refractivity contribution in [2.24, 2.45) is 17.3 Å². The molecule has 0 bridgehead atoms. The summed E-state index contributed by atoms with van der Waals surface area (Å²) in [4.78, 5) is 2.66. The van der Waals surface area contributed by atoms with Crippen molar-refractivity contribution < 1.29 is 4.74 Å². The van der Waals surface area contributed by atoms with Gasteiger partial charge in [0.1, 0.15) is 0 Å². The van der Waals surface area contributed by atoms with Crippen molar-refractivity contribution in [3.05, 3.63) is 0 Å². The van der Waals surface area contributed by atoms with Gasteiger partial charge in [-0.25, -0.2) is 0 Å². The van der Waals surface area contributed by atoms with E-state index in [1.165, 1.54) is 38.9 Å². The third-order valence-corrected chi connectivity index (χ3v) is 4.46. The summed E-state index contributed by atoms with van der Waals surface area (Å²) in [5.74, 6) is 1.72. The molecule has 1 aliphatic heterocycles. The highest BCUT2D eigenvalue weighted by atomic mass is 16.5. The second-order valence-corrected chi connectivity index (χ2v) is 7.10. The molecule has 1 N–H and O–H groups in total.